The Hall–Kier alpha value is -2.37. The van der Waals surface area contributed by atoms with Crippen LogP contribution >= 0.6 is 0 Å². The van der Waals surface area contributed by atoms with Gasteiger partial charge in [0.1, 0.15) is 5.52 Å². The van der Waals surface area contributed by atoms with Crippen LogP contribution < -0.4 is 5.32 Å². The molecule has 2 saturated carbocycles. The summed E-state index contributed by atoms with van der Waals surface area (Å²) in [6.07, 6.45) is 10.7. The second-order valence-corrected chi connectivity index (χ2v) is 9.35. The molecule has 0 spiro atoms. The summed E-state index contributed by atoms with van der Waals surface area (Å²) in [5, 5.41) is 3.22. The molecular weight excluding hydrogens is 378 g/mol. The number of oxazole rings is 1. The van der Waals surface area contributed by atoms with E-state index in [0.717, 1.165) is 55.5 Å². The lowest BCUT2D eigenvalue weighted by atomic mass is 9.91. The molecule has 1 aliphatic heterocycles. The van der Waals surface area contributed by atoms with Crippen LogP contribution in [0, 0.1) is 5.92 Å². The first kappa shape index (κ1) is 19.6. The Morgan fingerprint density at radius 3 is 2.53 bits per heavy atom. The summed E-state index contributed by atoms with van der Waals surface area (Å²) < 4.78 is 5.80. The predicted octanol–water partition coefficient (Wildman–Crippen LogP) is 4.40. The number of amides is 2. The van der Waals surface area contributed by atoms with E-state index in [1.807, 2.05) is 23.1 Å². The topological polar surface area (TPSA) is 75.4 Å². The van der Waals surface area contributed by atoms with Gasteiger partial charge in [-0.25, -0.2) is 4.98 Å². The molecule has 3 fully saturated rings. The van der Waals surface area contributed by atoms with E-state index in [1.165, 1.54) is 19.3 Å². The van der Waals surface area contributed by atoms with Crippen molar-refractivity contribution < 1.29 is 14.0 Å². The largest absolute Gasteiger partial charge is 0.440 e. The number of likely N-dealkylation sites (tertiary alicyclic amines) is 1. The molecule has 6 heteroatoms. The predicted molar refractivity (Wildman–Crippen MR) is 114 cm³/mol. The smallest absolute Gasteiger partial charge is 0.253 e. The highest BCUT2D eigenvalue weighted by Gasteiger charge is 2.30. The molecular formula is C24H31N3O3. The van der Waals surface area contributed by atoms with Crippen molar-refractivity contribution in [1.29, 1.82) is 0 Å². The lowest BCUT2D eigenvalue weighted by molar-refractivity contribution is -0.123. The van der Waals surface area contributed by atoms with E-state index >= 15 is 0 Å². The molecule has 1 N–H and O–H groups in total. The van der Waals surface area contributed by atoms with Gasteiger partial charge in [0.15, 0.2) is 11.5 Å². The van der Waals surface area contributed by atoms with E-state index in [2.05, 4.69) is 10.3 Å². The molecule has 1 saturated heterocycles. The van der Waals surface area contributed by atoms with E-state index < -0.39 is 0 Å². The Bertz CT molecular complexity index is 919. The minimum atomic E-state index is 0.0537. The molecule has 0 unspecified atom stereocenters. The minimum absolute atomic E-state index is 0.0537. The molecule has 6 nitrogen and oxygen atoms in total. The molecule has 2 aromatic rings. The molecule has 2 heterocycles. The van der Waals surface area contributed by atoms with Crippen molar-refractivity contribution >= 4 is 22.9 Å². The fourth-order valence-electron chi connectivity index (χ4n) is 4.90. The number of nitrogens with one attached hydrogen (secondary N) is 1. The van der Waals surface area contributed by atoms with Crippen molar-refractivity contribution in [2.45, 2.75) is 76.2 Å². The number of carbonyl (C=O) groups excluding carboxylic acids is 2. The van der Waals surface area contributed by atoms with Gasteiger partial charge in [-0.15, -0.1) is 0 Å². The van der Waals surface area contributed by atoms with Crippen molar-refractivity contribution in [2.75, 3.05) is 13.1 Å². The quantitative estimate of drug-likeness (QED) is 0.794. The zero-order valence-corrected chi connectivity index (χ0v) is 17.6. The SMILES string of the molecule is O=C(CC1CCN(C(=O)c2ccc3oc(C4CC4)nc3c2)CC1)NC1CCCCC1. The van der Waals surface area contributed by atoms with Gasteiger partial charge in [0.2, 0.25) is 5.91 Å². The molecule has 0 bridgehead atoms. The summed E-state index contributed by atoms with van der Waals surface area (Å²) in [6.45, 7) is 1.43. The van der Waals surface area contributed by atoms with Crippen LogP contribution in [0.15, 0.2) is 22.6 Å². The standard InChI is InChI=1S/C24H31N3O3/c28-22(25-19-4-2-1-3-5-19)14-16-10-12-27(13-11-16)24(29)18-8-9-21-20(15-18)26-23(30-21)17-6-7-17/h8-9,15-17,19H,1-7,10-14H2,(H,25,28). The number of aromatic nitrogens is 1. The van der Waals surface area contributed by atoms with E-state index in [1.54, 1.807) is 0 Å². The van der Waals surface area contributed by atoms with Crippen LogP contribution in [0.3, 0.4) is 0 Å². The Morgan fingerprint density at radius 2 is 1.80 bits per heavy atom. The van der Waals surface area contributed by atoms with E-state index in [0.29, 0.717) is 43.0 Å². The maximum absolute atomic E-state index is 13.0. The highest BCUT2D eigenvalue weighted by atomic mass is 16.3. The number of carbonyl (C=O) groups is 2. The summed E-state index contributed by atoms with van der Waals surface area (Å²) in [5.41, 5.74) is 2.21. The average molecular weight is 410 g/mol. The monoisotopic (exact) mass is 409 g/mol. The normalized spacial score (nSPS) is 21.1. The average Bonchev–Trinajstić information content (AvgIpc) is 3.53. The molecule has 30 heavy (non-hydrogen) atoms. The zero-order chi connectivity index (χ0) is 20.5. The number of nitrogens with zero attached hydrogens (tertiary/aromatic N) is 2. The Morgan fingerprint density at radius 1 is 1.03 bits per heavy atom. The van der Waals surface area contributed by atoms with Gasteiger partial charge < -0.3 is 14.6 Å². The van der Waals surface area contributed by atoms with Crippen molar-refractivity contribution in [3.8, 4) is 0 Å². The molecule has 0 atom stereocenters. The van der Waals surface area contributed by atoms with Crippen molar-refractivity contribution in [1.82, 2.24) is 15.2 Å². The fourth-order valence-corrected chi connectivity index (χ4v) is 4.90. The van der Waals surface area contributed by atoms with Gasteiger partial charge in [-0.3, -0.25) is 9.59 Å². The molecule has 0 radical (unpaired) electrons. The lowest BCUT2D eigenvalue weighted by Gasteiger charge is -2.32. The van der Waals surface area contributed by atoms with Gasteiger partial charge in [-0.1, -0.05) is 19.3 Å². The van der Waals surface area contributed by atoms with Gasteiger partial charge in [0.25, 0.3) is 5.91 Å². The molecule has 5 rings (SSSR count). The fraction of sp³-hybridized carbons (Fsp3) is 0.625. The van der Waals surface area contributed by atoms with Gasteiger partial charge in [0, 0.05) is 37.0 Å². The van der Waals surface area contributed by atoms with Crippen LogP contribution in [0.5, 0.6) is 0 Å². The first-order valence-corrected chi connectivity index (χ1v) is 11.6. The van der Waals surface area contributed by atoms with Crippen molar-refractivity contribution in [3.05, 3.63) is 29.7 Å². The van der Waals surface area contributed by atoms with Crippen LogP contribution in [0.1, 0.15) is 86.4 Å². The number of hydrogen-bond donors (Lipinski definition) is 1. The highest BCUT2D eigenvalue weighted by Crippen LogP contribution is 2.40. The zero-order valence-electron chi connectivity index (χ0n) is 17.6. The van der Waals surface area contributed by atoms with E-state index in [-0.39, 0.29) is 11.8 Å². The Kier molecular flexibility index (Phi) is 5.48. The minimum Gasteiger partial charge on any atom is -0.440 e. The van der Waals surface area contributed by atoms with Gasteiger partial charge in [0.05, 0.1) is 0 Å². The van der Waals surface area contributed by atoms with Crippen LogP contribution in [0.25, 0.3) is 11.1 Å². The van der Waals surface area contributed by atoms with E-state index in [4.69, 9.17) is 4.42 Å². The second-order valence-electron chi connectivity index (χ2n) is 9.35. The third-order valence-electron chi connectivity index (χ3n) is 6.92. The summed E-state index contributed by atoms with van der Waals surface area (Å²) in [4.78, 5) is 31.9. The van der Waals surface area contributed by atoms with Gasteiger partial charge in [-0.05, 0) is 62.6 Å². The van der Waals surface area contributed by atoms with E-state index in [9.17, 15) is 9.59 Å². The second kappa shape index (κ2) is 8.40. The first-order valence-electron chi connectivity index (χ1n) is 11.6. The summed E-state index contributed by atoms with van der Waals surface area (Å²) >= 11 is 0. The molecule has 2 aliphatic carbocycles. The number of piperidine rings is 1. The maximum atomic E-state index is 13.0. The molecule has 3 aliphatic rings. The summed E-state index contributed by atoms with van der Waals surface area (Å²) in [6, 6.07) is 5.94. The number of hydrogen-bond acceptors (Lipinski definition) is 4. The molecule has 1 aromatic heterocycles. The molecule has 1 aromatic carbocycles. The van der Waals surface area contributed by atoms with Crippen LogP contribution in [0.4, 0.5) is 0 Å². The van der Waals surface area contributed by atoms with Crippen molar-refractivity contribution in [3.63, 3.8) is 0 Å². The van der Waals surface area contributed by atoms with Crippen molar-refractivity contribution in [2.24, 2.45) is 5.92 Å². The Labute approximate surface area is 177 Å². The number of benzene rings is 1. The molecule has 2 amide bonds. The molecule has 160 valence electrons. The third-order valence-corrected chi connectivity index (χ3v) is 6.92. The lowest BCUT2D eigenvalue weighted by Crippen LogP contribution is -2.41. The first-order chi connectivity index (χ1) is 14.7. The third kappa shape index (κ3) is 4.37. The number of fused-ring (bicyclic) bond motifs is 1. The number of rotatable bonds is 5. The maximum Gasteiger partial charge on any atom is 0.253 e. The van der Waals surface area contributed by atoms with Gasteiger partial charge in [-0.2, -0.15) is 0 Å². The van der Waals surface area contributed by atoms with Crippen LogP contribution in [-0.4, -0.2) is 40.8 Å². The summed E-state index contributed by atoms with van der Waals surface area (Å²) in [5.74, 6) is 1.89. The van der Waals surface area contributed by atoms with Crippen LogP contribution in [-0.2, 0) is 4.79 Å². The summed E-state index contributed by atoms with van der Waals surface area (Å²) in [7, 11) is 0. The Balaban J connectivity index is 1.13. The van der Waals surface area contributed by atoms with Crippen LogP contribution in [0.2, 0.25) is 0 Å². The highest BCUT2D eigenvalue weighted by molar-refractivity contribution is 5.97. The van der Waals surface area contributed by atoms with Gasteiger partial charge >= 0.3 is 0 Å².